The molecule has 1 N–H and O–H groups in total. The molecule has 0 aliphatic rings. The normalized spacial score (nSPS) is 10.8. The summed E-state index contributed by atoms with van der Waals surface area (Å²) < 4.78 is 0. The molecule has 4 nitrogen and oxygen atoms in total. The Hall–Kier alpha value is -1.32. The number of rotatable bonds is 7. The predicted molar refractivity (Wildman–Crippen MR) is 78.3 cm³/mol. The summed E-state index contributed by atoms with van der Waals surface area (Å²) in [6.45, 7) is 12.7. The molecule has 1 rings (SSSR count). The minimum Gasteiger partial charge on any atom is -0.370 e. The highest BCUT2D eigenvalue weighted by molar-refractivity contribution is 5.50. The fourth-order valence-electron chi connectivity index (χ4n) is 1.92. The van der Waals surface area contributed by atoms with Gasteiger partial charge in [-0.05, 0) is 27.2 Å². The van der Waals surface area contributed by atoms with Crippen LogP contribution in [0.1, 0.15) is 46.9 Å². The Morgan fingerprint density at radius 1 is 1.22 bits per heavy atom. The van der Waals surface area contributed by atoms with Crippen LogP contribution in [-0.4, -0.2) is 29.1 Å². The Bertz CT molecular complexity index is 363. The molecule has 0 fully saturated rings. The van der Waals surface area contributed by atoms with Gasteiger partial charge in [0.15, 0.2) is 0 Å². The average Bonchev–Trinajstić information content (AvgIpc) is 2.36. The van der Waals surface area contributed by atoms with E-state index in [2.05, 4.69) is 60.9 Å². The zero-order valence-corrected chi connectivity index (χ0v) is 12.3. The highest BCUT2D eigenvalue weighted by Gasteiger charge is 2.12. The largest absolute Gasteiger partial charge is 0.370 e. The number of aryl methyl sites for hydroxylation is 1. The van der Waals surface area contributed by atoms with Gasteiger partial charge in [-0.25, -0.2) is 9.97 Å². The van der Waals surface area contributed by atoms with Crippen molar-refractivity contribution in [1.29, 1.82) is 0 Å². The van der Waals surface area contributed by atoms with Gasteiger partial charge < -0.3 is 10.2 Å². The van der Waals surface area contributed by atoms with E-state index < -0.39 is 0 Å². The van der Waals surface area contributed by atoms with Gasteiger partial charge >= 0.3 is 0 Å². The number of hydrogen-bond donors (Lipinski definition) is 1. The lowest BCUT2D eigenvalue weighted by molar-refractivity contribution is 0.688. The molecule has 0 atom stereocenters. The van der Waals surface area contributed by atoms with Crippen molar-refractivity contribution in [2.45, 2.75) is 53.5 Å². The fourth-order valence-corrected chi connectivity index (χ4v) is 1.92. The Morgan fingerprint density at radius 2 is 1.94 bits per heavy atom. The maximum atomic E-state index is 4.63. The lowest BCUT2D eigenvalue weighted by Crippen LogP contribution is -2.31. The van der Waals surface area contributed by atoms with Gasteiger partial charge in [0.1, 0.15) is 17.5 Å². The van der Waals surface area contributed by atoms with Gasteiger partial charge in [-0.1, -0.05) is 13.8 Å². The van der Waals surface area contributed by atoms with Crippen LogP contribution in [0.4, 0.5) is 11.6 Å². The van der Waals surface area contributed by atoms with Gasteiger partial charge in [0.25, 0.3) is 0 Å². The van der Waals surface area contributed by atoms with Gasteiger partial charge in [-0.15, -0.1) is 0 Å². The second-order valence-corrected chi connectivity index (χ2v) is 4.69. The molecule has 0 amide bonds. The summed E-state index contributed by atoms with van der Waals surface area (Å²) in [4.78, 5) is 11.4. The van der Waals surface area contributed by atoms with E-state index in [1.165, 1.54) is 0 Å². The Morgan fingerprint density at radius 3 is 2.44 bits per heavy atom. The van der Waals surface area contributed by atoms with Gasteiger partial charge in [0, 0.05) is 31.6 Å². The second kappa shape index (κ2) is 7.19. The van der Waals surface area contributed by atoms with Crippen molar-refractivity contribution in [3.05, 3.63) is 11.9 Å². The van der Waals surface area contributed by atoms with Crippen molar-refractivity contribution >= 4 is 11.6 Å². The molecule has 0 spiro atoms. The van der Waals surface area contributed by atoms with Crippen molar-refractivity contribution in [3.63, 3.8) is 0 Å². The van der Waals surface area contributed by atoms with Crippen LogP contribution in [0.3, 0.4) is 0 Å². The summed E-state index contributed by atoms with van der Waals surface area (Å²) in [6, 6.07) is 2.51. The molecule has 1 heterocycles. The molecule has 0 saturated heterocycles. The van der Waals surface area contributed by atoms with Gasteiger partial charge in [0.2, 0.25) is 0 Å². The van der Waals surface area contributed by atoms with Crippen LogP contribution in [0.15, 0.2) is 6.07 Å². The number of anilines is 2. The molecule has 1 aromatic heterocycles. The van der Waals surface area contributed by atoms with Crippen molar-refractivity contribution in [3.8, 4) is 0 Å². The molecule has 0 radical (unpaired) electrons. The second-order valence-electron chi connectivity index (χ2n) is 4.69. The monoisotopic (exact) mass is 250 g/mol. The predicted octanol–water partition coefficient (Wildman–Crippen LogP) is 3.10. The van der Waals surface area contributed by atoms with Crippen LogP contribution in [0.5, 0.6) is 0 Å². The van der Waals surface area contributed by atoms with Crippen LogP contribution >= 0.6 is 0 Å². The fraction of sp³-hybridized carbons (Fsp3) is 0.714. The molecule has 0 aromatic carbocycles. The summed E-state index contributed by atoms with van der Waals surface area (Å²) >= 11 is 0. The van der Waals surface area contributed by atoms with Crippen molar-refractivity contribution in [2.75, 3.05) is 23.3 Å². The smallest absolute Gasteiger partial charge is 0.134 e. The Kier molecular flexibility index (Phi) is 5.89. The van der Waals surface area contributed by atoms with Crippen LogP contribution < -0.4 is 10.2 Å². The summed E-state index contributed by atoms with van der Waals surface area (Å²) in [5, 5.41) is 3.35. The Labute approximate surface area is 111 Å². The molecule has 0 aliphatic heterocycles. The lowest BCUT2D eigenvalue weighted by atomic mass is 10.3. The Balaban J connectivity index is 3.02. The van der Waals surface area contributed by atoms with Crippen LogP contribution in [-0.2, 0) is 6.42 Å². The van der Waals surface area contributed by atoms with Crippen molar-refractivity contribution in [1.82, 2.24) is 9.97 Å². The molecule has 4 heteroatoms. The molecule has 0 unspecified atom stereocenters. The third-order valence-electron chi connectivity index (χ3n) is 2.89. The van der Waals surface area contributed by atoms with Gasteiger partial charge in [-0.3, -0.25) is 0 Å². The van der Waals surface area contributed by atoms with Crippen LogP contribution in [0, 0.1) is 0 Å². The van der Waals surface area contributed by atoms with Gasteiger partial charge in [-0.2, -0.15) is 0 Å². The van der Waals surface area contributed by atoms with E-state index in [4.69, 9.17) is 0 Å². The highest BCUT2D eigenvalue weighted by Crippen LogP contribution is 2.18. The summed E-state index contributed by atoms with van der Waals surface area (Å²) in [7, 11) is 0. The van der Waals surface area contributed by atoms with Crippen molar-refractivity contribution < 1.29 is 0 Å². The number of aromatic nitrogens is 2. The van der Waals surface area contributed by atoms with Crippen LogP contribution in [0.25, 0.3) is 0 Å². The third kappa shape index (κ3) is 3.86. The standard InChI is InChI=1S/C14H26N4/c1-6-9-15-13-10-14(17-12(7-2)16-13)18(8-3)11(4)5/h10-11H,6-9H2,1-5H3,(H,15,16,17). The molecule has 0 aliphatic carbocycles. The van der Waals surface area contributed by atoms with Crippen molar-refractivity contribution in [2.24, 2.45) is 0 Å². The number of nitrogens with zero attached hydrogens (tertiary/aromatic N) is 3. The molecule has 102 valence electrons. The summed E-state index contributed by atoms with van der Waals surface area (Å²) in [6.07, 6.45) is 1.97. The van der Waals surface area contributed by atoms with E-state index in [0.717, 1.165) is 43.4 Å². The van der Waals surface area contributed by atoms with E-state index in [9.17, 15) is 0 Å². The van der Waals surface area contributed by atoms with E-state index in [0.29, 0.717) is 6.04 Å². The summed E-state index contributed by atoms with van der Waals surface area (Å²) in [5.41, 5.74) is 0. The number of hydrogen-bond acceptors (Lipinski definition) is 4. The first-order chi connectivity index (χ1) is 8.62. The maximum Gasteiger partial charge on any atom is 0.134 e. The molecular weight excluding hydrogens is 224 g/mol. The zero-order valence-electron chi connectivity index (χ0n) is 12.3. The topological polar surface area (TPSA) is 41.0 Å². The van der Waals surface area contributed by atoms with Gasteiger partial charge in [0.05, 0.1) is 0 Å². The van der Waals surface area contributed by atoms with Crippen LogP contribution in [0.2, 0.25) is 0 Å². The first kappa shape index (κ1) is 14.7. The highest BCUT2D eigenvalue weighted by atomic mass is 15.2. The van der Waals surface area contributed by atoms with E-state index in [1.54, 1.807) is 0 Å². The SMILES string of the molecule is CCCNc1cc(N(CC)C(C)C)nc(CC)n1. The average molecular weight is 250 g/mol. The molecule has 0 bridgehead atoms. The lowest BCUT2D eigenvalue weighted by Gasteiger charge is -2.27. The molecular formula is C14H26N4. The molecule has 0 saturated carbocycles. The summed E-state index contributed by atoms with van der Waals surface area (Å²) in [5.74, 6) is 2.88. The van der Waals surface area contributed by atoms with E-state index >= 15 is 0 Å². The number of nitrogens with one attached hydrogen (secondary N) is 1. The van der Waals surface area contributed by atoms with E-state index in [-0.39, 0.29) is 0 Å². The third-order valence-corrected chi connectivity index (χ3v) is 2.89. The zero-order chi connectivity index (χ0) is 13.5. The minimum atomic E-state index is 0.452. The first-order valence-corrected chi connectivity index (χ1v) is 7.00. The molecule has 1 aromatic rings. The minimum absolute atomic E-state index is 0.452. The maximum absolute atomic E-state index is 4.63. The first-order valence-electron chi connectivity index (χ1n) is 7.00. The molecule has 18 heavy (non-hydrogen) atoms. The quantitative estimate of drug-likeness (QED) is 0.807. The van der Waals surface area contributed by atoms with E-state index in [1.807, 2.05) is 0 Å².